The van der Waals surface area contributed by atoms with Crippen LogP contribution in [0.5, 0.6) is 5.75 Å². The molecule has 0 spiro atoms. The van der Waals surface area contributed by atoms with E-state index in [2.05, 4.69) is 55.1 Å². The molecule has 0 aliphatic rings. The molecule has 0 radical (unpaired) electrons. The zero-order valence-electron chi connectivity index (χ0n) is 21.0. The molecular weight excluding hydrogens is 428 g/mol. The largest absolute Gasteiger partial charge is 0.496 e. The Morgan fingerprint density at radius 2 is 1.68 bits per heavy atom. The van der Waals surface area contributed by atoms with Crippen molar-refractivity contribution >= 4 is 0 Å². The molecule has 7 nitrogen and oxygen atoms in total. The predicted molar refractivity (Wildman–Crippen MR) is 131 cm³/mol. The molecule has 0 atom stereocenters. The van der Waals surface area contributed by atoms with Crippen LogP contribution in [0.15, 0.2) is 39.6 Å². The van der Waals surface area contributed by atoms with Crippen LogP contribution in [0.3, 0.4) is 0 Å². The number of aryl methyl sites for hydroxylation is 4. The van der Waals surface area contributed by atoms with E-state index in [4.69, 9.17) is 18.8 Å². The van der Waals surface area contributed by atoms with Gasteiger partial charge in [-0.3, -0.25) is 9.97 Å². The van der Waals surface area contributed by atoms with Gasteiger partial charge in [0.1, 0.15) is 17.3 Å². The van der Waals surface area contributed by atoms with Gasteiger partial charge in [0, 0.05) is 53.7 Å². The molecule has 0 aliphatic heterocycles. The lowest BCUT2D eigenvalue weighted by molar-refractivity contribution is 0.373. The number of hydrogen-bond acceptors (Lipinski definition) is 7. The first kappa shape index (κ1) is 23.7. The molecule has 0 aromatic carbocycles. The van der Waals surface area contributed by atoms with E-state index in [1.807, 2.05) is 32.3 Å². The van der Waals surface area contributed by atoms with E-state index in [0.717, 1.165) is 62.3 Å². The highest BCUT2D eigenvalue weighted by Gasteiger charge is 2.21. The second-order valence-corrected chi connectivity index (χ2v) is 9.22. The minimum absolute atomic E-state index is 0.316. The standard InChI is InChI=1S/C27H32N4O3/c1-15(2)20-14-29-23(12-25(20)32-7)27-18(6)33-31-22(27)10-11-24-26(17(5)30-34-24)19-8-9-21(16(3)4)28-13-19/h8-9,12-16H,10-11H2,1-7H3. The molecule has 4 rings (SSSR count). The summed E-state index contributed by atoms with van der Waals surface area (Å²) < 4.78 is 16.9. The van der Waals surface area contributed by atoms with Crippen molar-refractivity contribution in [2.75, 3.05) is 7.11 Å². The van der Waals surface area contributed by atoms with E-state index < -0.39 is 0 Å². The van der Waals surface area contributed by atoms with Crippen LogP contribution in [-0.4, -0.2) is 27.4 Å². The molecule has 0 N–H and O–H groups in total. The first-order valence-corrected chi connectivity index (χ1v) is 11.7. The van der Waals surface area contributed by atoms with Crippen molar-refractivity contribution in [1.29, 1.82) is 0 Å². The maximum absolute atomic E-state index is 5.71. The summed E-state index contributed by atoms with van der Waals surface area (Å²) in [5, 5.41) is 8.55. The number of rotatable bonds is 8. The van der Waals surface area contributed by atoms with E-state index in [0.29, 0.717) is 24.7 Å². The van der Waals surface area contributed by atoms with Gasteiger partial charge in [-0.15, -0.1) is 0 Å². The van der Waals surface area contributed by atoms with Gasteiger partial charge in [0.15, 0.2) is 0 Å². The molecule has 7 heteroatoms. The Bertz CT molecular complexity index is 1270. The molecule has 4 aromatic heterocycles. The van der Waals surface area contributed by atoms with Crippen molar-refractivity contribution < 1.29 is 13.8 Å². The lowest BCUT2D eigenvalue weighted by Crippen LogP contribution is -2.00. The molecule has 0 amide bonds. The monoisotopic (exact) mass is 460 g/mol. The summed E-state index contributed by atoms with van der Waals surface area (Å²) in [5.41, 5.74) is 7.50. The minimum Gasteiger partial charge on any atom is -0.496 e. The smallest absolute Gasteiger partial charge is 0.145 e. The van der Waals surface area contributed by atoms with E-state index >= 15 is 0 Å². The number of aromatic nitrogens is 4. The van der Waals surface area contributed by atoms with Crippen LogP contribution in [-0.2, 0) is 12.8 Å². The third-order valence-corrected chi connectivity index (χ3v) is 6.12. The highest BCUT2D eigenvalue weighted by Crippen LogP contribution is 2.34. The zero-order valence-corrected chi connectivity index (χ0v) is 21.0. The molecule has 178 valence electrons. The molecule has 0 unspecified atom stereocenters. The van der Waals surface area contributed by atoms with Crippen molar-refractivity contribution in [3.8, 4) is 28.1 Å². The van der Waals surface area contributed by atoms with E-state index in [9.17, 15) is 0 Å². The average molecular weight is 461 g/mol. The number of methoxy groups -OCH3 is 1. The molecule has 0 saturated heterocycles. The highest BCUT2D eigenvalue weighted by molar-refractivity contribution is 5.68. The summed E-state index contributed by atoms with van der Waals surface area (Å²) in [6.45, 7) is 12.4. The first-order valence-electron chi connectivity index (χ1n) is 11.7. The third-order valence-electron chi connectivity index (χ3n) is 6.12. The lowest BCUT2D eigenvalue weighted by atomic mass is 9.99. The van der Waals surface area contributed by atoms with Crippen LogP contribution in [0.4, 0.5) is 0 Å². The van der Waals surface area contributed by atoms with Gasteiger partial charge >= 0.3 is 0 Å². The molecule has 4 heterocycles. The van der Waals surface area contributed by atoms with Gasteiger partial charge in [0.25, 0.3) is 0 Å². The summed E-state index contributed by atoms with van der Waals surface area (Å²) in [5.74, 6) is 3.05. The Labute approximate surface area is 200 Å². The first-order chi connectivity index (χ1) is 16.3. The second-order valence-electron chi connectivity index (χ2n) is 9.22. The summed E-state index contributed by atoms with van der Waals surface area (Å²) in [6, 6.07) is 6.11. The quantitative estimate of drug-likeness (QED) is 0.299. The Morgan fingerprint density at radius 3 is 2.32 bits per heavy atom. The SMILES string of the molecule is COc1cc(-c2c(CCc3onc(C)c3-c3ccc(C(C)C)nc3)noc2C)ncc1C(C)C. The van der Waals surface area contributed by atoms with Crippen LogP contribution < -0.4 is 4.74 Å². The lowest BCUT2D eigenvalue weighted by Gasteiger charge is -2.12. The fourth-order valence-corrected chi connectivity index (χ4v) is 4.20. The van der Waals surface area contributed by atoms with Crippen LogP contribution in [0.25, 0.3) is 22.4 Å². The molecule has 0 fully saturated rings. The van der Waals surface area contributed by atoms with Gasteiger partial charge in [0.2, 0.25) is 0 Å². The Hall–Kier alpha value is -3.48. The van der Waals surface area contributed by atoms with E-state index in [1.54, 1.807) is 7.11 Å². The molecule has 0 saturated carbocycles. The van der Waals surface area contributed by atoms with Crippen LogP contribution >= 0.6 is 0 Å². The zero-order chi connectivity index (χ0) is 24.4. The van der Waals surface area contributed by atoms with Crippen molar-refractivity contribution in [2.24, 2.45) is 0 Å². The van der Waals surface area contributed by atoms with Crippen molar-refractivity contribution in [1.82, 2.24) is 20.3 Å². The van der Waals surface area contributed by atoms with Gasteiger partial charge in [-0.1, -0.05) is 44.1 Å². The van der Waals surface area contributed by atoms with Crippen molar-refractivity contribution in [2.45, 2.75) is 66.2 Å². The minimum atomic E-state index is 0.316. The number of nitrogens with zero attached hydrogens (tertiary/aromatic N) is 4. The van der Waals surface area contributed by atoms with E-state index in [-0.39, 0.29) is 0 Å². The summed E-state index contributed by atoms with van der Waals surface area (Å²) in [6.07, 6.45) is 5.03. The number of hydrogen-bond donors (Lipinski definition) is 0. The predicted octanol–water partition coefficient (Wildman–Crippen LogP) is 6.44. The third kappa shape index (κ3) is 4.60. The number of pyridine rings is 2. The van der Waals surface area contributed by atoms with Gasteiger partial charge < -0.3 is 13.8 Å². The highest BCUT2D eigenvalue weighted by atomic mass is 16.5. The normalized spacial score (nSPS) is 11.6. The van der Waals surface area contributed by atoms with Crippen LogP contribution in [0, 0.1) is 13.8 Å². The average Bonchev–Trinajstić information content (AvgIpc) is 3.38. The Kier molecular flexibility index (Phi) is 6.82. The van der Waals surface area contributed by atoms with Crippen molar-refractivity contribution in [3.05, 3.63) is 64.8 Å². The topological polar surface area (TPSA) is 87.1 Å². The maximum Gasteiger partial charge on any atom is 0.145 e. The summed E-state index contributed by atoms with van der Waals surface area (Å²) in [7, 11) is 1.68. The Morgan fingerprint density at radius 1 is 0.882 bits per heavy atom. The summed E-state index contributed by atoms with van der Waals surface area (Å²) in [4.78, 5) is 9.31. The van der Waals surface area contributed by atoms with Gasteiger partial charge in [-0.05, 0) is 31.7 Å². The van der Waals surface area contributed by atoms with Crippen LogP contribution in [0.1, 0.15) is 73.7 Å². The molecule has 0 bridgehead atoms. The van der Waals surface area contributed by atoms with Gasteiger partial charge in [-0.2, -0.15) is 0 Å². The molecular formula is C27H32N4O3. The molecule has 0 aliphatic carbocycles. The second kappa shape index (κ2) is 9.79. The maximum atomic E-state index is 5.71. The van der Waals surface area contributed by atoms with Gasteiger partial charge in [0.05, 0.1) is 29.8 Å². The van der Waals surface area contributed by atoms with Crippen molar-refractivity contribution in [3.63, 3.8) is 0 Å². The van der Waals surface area contributed by atoms with Crippen LogP contribution in [0.2, 0.25) is 0 Å². The Balaban J connectivity index is 1.61. The molecule has 4 aromatic rings. The van der Waals surface area contributed by atoms with Gasteiger partial charge in [-0.25, -0.2) is 0 Å². The summed E-state index contributed by atoms with van der Waals surface area (Å²) >= 11 is 0. The van der Waals surface area contributed by atoms with E-state index in [1.165, 1.54) is 0 Å². The fraction of sp³-hybridized carbons (Fsp3) is 0.407. The molecule has 34 heavy (non-hydrogen) atoms. The fourth-order valence-electron chi connectivity index (χ4n) is 4.20. The number of ether oxygens (including phenoxy) is 1.